The van der Waals surface area contributed by atoms with Crippen molar-refractivity contribution in [1.29, 1.82) is 0 Å². The minimum atomic E-state index is 0.0844. The van der Waals surface area contributed by atoms with Gasteiger partial charge < -0.3 is 0 Å². The number of aromatic nitrogens is 2. The summed E-state index contributed by atoms with van der Waals surface area (Å²) >= 11 is 0. The lowest BCUT2D eigenvalue weighted by Crippen LogP contribution is -2.00. The lowest BCUT2D eigenvalue weighted by atomic mass is 10.1. The SMILES string of the molecule is CC(=O)c1ccc(-n2nc(C)c(C)c2C)cc1. The molecule has 0 radical (unpaired) electrons. The molecule has 1 aromatic heterocycles. The molecule has 0 amide bonds. The van der Waals surface area contributed by atoms with Crippen LogP contribution in [-0.4, -0.2) is 15.6 Å². The van der Waals surface area contributed by atoms with Gasteiger partial charge in [0.05, 0.1) is 11.4 Å². The molecule has 0 aliphatic heterocycles. The van der Waals surface area contributed by atoms with Gasteiger partial charge in [0.25, 0.3) is 0 Å². The molecule has 1 aromatic carbocycles. The second-order valence-corrected chi connectivity index (χ2v) is 4.31. The lowest BCUT2D eigenvalue weighted by Gasteiger charge is -2.05. The fourth-order valence-electron chi connectivity index (χ4n) is 1.81. The maximum absolute atomic E-state index is 11.2. The first kappa shape index (κ1) is 11.6. The van der Waals surface area contributed by atoms with Gasteiger partial charge in [-0.25, -0.2) is 4.68 Å². The summed E-state index contributed by atoms with van der Waals surface area (Å²) in [6.07, 6.45) is 0. The summed E-state index contributed by atoms with van der Waals surface area (Å²) in [4.78, 5) is 11.2. The van der Waals surface area contributed by atoms with E-state index in [1.807, 2.05) is 42.8 Å². The Morgan fingerprint density at radius 2 is 1.71 bits per heavy atom. The molecule has 0 fully saturated rings. The van der Waals surface area contributed by atoms with Crippen molar-refractivity contribution < 1.29 is 4.79 Å². The van der Waals surface area contributed by atoms with E-state index in [0.29, 0.717) is 0 Å². The first-order valence-electron chi connectivity index (χ1n) is 5.65. The standard InChI is InChI=1S/C14H16N2O/c1-9-10(2)15-16(11(9)3)14-7-5-13(6-8-14)12(4)17/h5-8H,1-4H3. The van der Waals surface area contributed by atoms with Crippen molar-refractivity contribution in [3.8, 4) is 5.69 Å². The molecule has 2 aromatic rings. The Bertz CT molecular complexity index is 565. The van der Waals surface area contributed by atoms with Crippen LogP contribution in [0.15, 0.2) is 24.3 Å². The van der Waals surface area contributed by atoms with E-state index in [-0.39, 0.29) is 5.78 Å². The van der Waals surface area contributed by atoms with Crippen LogP contribution in [0.5, 0.6) is 0 Å². The van der Waals surface area contributed by atoms with Crippen molar-refractivity contribution >= 4 is 5.78 Å². The molecule has 3 heteroatoms. The normalized spacial score (nSPS) is 10.6. The maximum Gasteiger partial charge on any atom is 0.159 e. The van der Waals surface area contributed by atoms with Crippen LogP contribution in [0.1, 0.15) is 34.2 Å². The largest absolute Gasteiger partial charge is 0.295 e. The molecular weight excluding hydrogens is 212 g/mol. The van der Waals surface area contributed by atoms with E-state index in [4.69, 9.17) is 0 Å². The maximum atomic E-state index is 11.2. The Kier molecular flexibility index (Phi) is 2.84. The average Bonchev–Trinajstić information content (AvgIpc) is 2.57. The van der Waals surface area contributed by atoms with Crippen LogP contribution in [0.4, 0.5) is 0 Å². The number of rotatable bonds is 2. The number of ketones is 1. The first-order chi connectivity index (χ1) is 8.00. The molecule has 3 nitrogen and oxygen atoms in total. The average molecular weight is 228 g/mol. The van der Waals surface area contributed by atoms with Gasteiger partial charge in [0.2, 0.25) is 0 Å². The van der Waals surface area contributed by atoms with Gasteiger partial charge in [-0.3, -0.25) is 4.79 Å². The van der Waals surface area contributed by atoms with E-state index >= 15 is 0 Å². The van der Waals surface area contributed by atoms with Gasteiger partial charge in [-0.1, -0.05) is 0 Å². The van der Waals surface area contributed by atoms with Gasteiger partial charge in [-0.05, 0) is 57.5 Å². The first-order valence-corrected chi connectivity index (χ1v) is 5.65. The molecule has 0 saturated heterocycles. The summed E-state index contributed by atoms with van der Waals surface area (Å²) in [7, 11) is 0. The molecule has 17 heavy (non-hydrogen) atoms. The topological polar surface area (TPSA) is 34.9 Å². The zero-order chi connectivity index (χ0) is 12.6. The molecule has 0 spiro atoms. The smallest absolute Gasteiger partial charge is 0.159 e. The van der Waals surface area contributed by atoms with E-state index in [1.54, 1.807) is 6.92 Å². The predicted molar refractivity (Wildman–Crippen MR) is 67.8 cm³/mol. The van der Waals surface area contributed by atoms with Crippen molar-refractivity contribution in [3.05, 3.63) is 46.8 Å². The molecule has 2 rings (SSSR count). The minimum Gasteiger partial charge on any atom is -0.295 e. The van der Waals surface area contributed by atoms with Crippen LogP contribution in [0.25, 0.3) is 5.69 Å². The molecule has 0 aliphatic rings. The summed E-state index contributed by atoms with van der Waals surface area (Å²) in [5.74, 6) is 0.0844. The molecule has 88 valence electrons. The second kappa shape index (κ2) is 4.17. The van der Waals surface area contributed by atoms with Crippen LogP contribution in [0.3, 0.4) is 0 Å². The molecule has 1 heterocycles. The number of aryl methyl sites for hydroxylation is 1. The zero-order valence-corrected chi connectivity index (χ0v) is 10.6. The number of nitrogens with zero attached hydrogens (tertiary/aromatic N) is 2. The number of hydrogen-bond acceptors (Lipinski definition) is 2. The molecule has 0 N–H and O–H groups in total. The zero-order valence-electron chi connectivity index (χ0n) is 10.6. The highest BCUT2D eigenvalue weighted by atomic mass is 16.1. The van der Waals surface area contributed by atoms with E-state index < -0.39 is 0 Å². The third-order valence-electron chi connectivity index (χ3n) is 3.17. The Morgan fingerprint density at radius 3 is 2.12 bits per heavy atom. The quantitative estimate of drug-likeness (QED) is 0.740. The molecular formula is C14H16N2O. The van der Waals surface area contributed by atoms with E-state index in [2.05, 4.69) is 12.0 Å². The van der Waals surface area contributed by atoms with Gasteiger partial charge >= 0.3 is 0 Å². The minimum absolute atomic E-state index is 0.0844. The van der Waals surface area contributed by atoms with Crippen LogP contribution < -0.4 is 0 Å². The van der Waals surface area contributed by atoms with Crippen molar-refractivity contribution in [2.45, 2.75) is 27.7 Å². The van der Waals surface area contributed by atoms with Crippen molar-refractivity contribution in [1.82, 2.24) is 9.78 Å². The summed E-state index contributed by atoms with van der Waals surface area (Å²) in [6, 6.07) is 7.53. The lowest BCUT2D eigenvalue weighted by molar-refractivity contribution is 0.101. The van der Waals surface area contributed by atoms with Gasteiger partial charge in [-0.2, -0.15) is 5.10 Å². The predicted octanol–water partition coefficient (Wildman–Crippen LogP) is 3.00. The summed E-state index contributed by atoms with van der Waals surface area (Å²) in [5.41, 5.74) is 5.10. The third-order valence-corrected chi connectivity index (χ3v) is 3.17. The monoisotopic (exact) mass is 228 g/mol. The number of benzene rings is 1. The van der Waals surface area contributed by atoms with Crippen molar-refractivity contribution in [2.24, 2.45) is 0 Å². The fraction of sp³-hybridized carbons (Fsp3) is 0.286. The number of carbonyl (C=O) groups excluding carboxylic acids is 1. The number of hydrogen-bond donors (Lipinski definition) is 0. The van der Waals surface area contributed by atoms with Gasteiger partial charge in [0.1, 0.15) is 0 Å². The highest BCUT2D eigenvalue weighted by Gasteiger charge is 2.09. The van der Waals surface area contributed by atoms with Crippen LogP contribution in [0.2, 0.25) is 0 Å². The van der Waals surface area contributed by atoms with Crippen LogP contribution in [0, 0.1) is 20.8 Å². The molecule has 0 aliphatic carbocycles. The summed E-state index contributed by atoms with van der Waals surface area (Å²) < 4.78 is 1.91. The molecule has 0 atom stereocenters. The molecule has 0 saturated carbocycles. The molecule has 0 bridgehead atoms. The van der Waals surface area contributed by atoms with E-state index in [9.17, 15) is 4.79 Å². The highest BCUT2D eigenvalue weighted by molar-refractivity contribution is 5.94. The highest BCUT2D eigenvalue weighted by Crippen LogP contribution is 2.17. The third kappa shape index (κ3) is 2.00. The van der Waals surface area contributed by atoms with Gasteiger partial charge in [0, 0.05) is 11.3 Å². The Morgan fingerprint density at radius 1 is 1.12 bits per heavy atom. The van der Waals surface area contributed by atoms with Gasteiger partial charge in [-0.15, -0.1) is 0 Å². The van der Waals surface area contributed by atoms with E-state index in [1.165, 1.54) is 5.56 Å². The van der Waals surface area contributed by atoms with Crippen LogP contribution >= 0.6 is 0 Å². The Hall–Kier alpha value is -1.90. The van der Waals surface area contributed by atoms with Crippen molar-refractivity contribution in [3.63, 3.8) is 0 Å². The molecule has 0 unspecified atom stereocenters. The van der Waals surface area contributed by atoms with Crippen LogP contribution in [-0.2, 0) is 0 Å². The number of Topliss-reactive ketones (excluding diaryl/α,β-unsaturated/α-hetero) is 1. The van der Waals surface area contributed by atoms with E-state index in [0.717, 1.165) is 22.6 Å². The fourth-order valence-corrected chi connectivity index (χ4v) is 1.81. The second-order valence-electron chi connectivity index (χ2n) is 4.31. The number of carbonyl (C=O) groups is 1. The summed E-state index contributed by atoms with van der Waals surface area (Å²) in [6.45, 7) is 7.69. The Balaban J connectivity index is 2.47. The van der Waals surface area contributed by atoms with Gasteiger partial charge in [0.15, 0.2) is 5.78 Å². The summed E-state index contributed by atoms with van der Waals surface area (Å²) in [5, 5.41) is 4.49. The van der Waals surface area contributed by atoms with Crippen molar-refractivity contribution in [2.75, 3.05) is 0 Å². The Labute approximate surface area is 101 Å².